The number of piperidine rings is 1. The van der Waals surface area contributed by atoms with Crippen LogP contribution in [0.3, 0.4) is 0 Å². The summed E-state index contributed by atoms with van der Waals surface area (Å²) >= 11 is 0. The van der Waals surface area contributed by atoms with Crippen LogP contribution in [0.15, 0.2) is 53.2 Å². The van der Waals surface area contributed by atoms with E-state index in [-0.39, 0.29) is 5.91 Å². The van der Waals surface area contributed by atoms with Crippen LogP contribution in [-0.2, 0) is 11.3 Å². The van der Waals surface area contributed by atoms with Crippen LogP contribution in [0.5, 0.6) is 5.75 Å². The van der Waals surface area contributed by atoms with Crippen molar-refractivity contribution in [3.63, 3.8) is 0 Å². The zero-order valence-electron chi connectivity index (χ0n) is 18.4. The van der Waals surface area contributed by atoms with Crippen molar-refractivity contribution < 1.29 is 13.9 Å². The van der Waals surface area contributed by atoms with E-state index in [1.165, 1.54) is 5.56 Å². The average molecular weight is 411 g/mol. The number of carbonyl (C=O) groups is 1. The standard InChI is InChI=1S/C25H34N2O3/c1-20(2)17-27(25(28)11-10-23-8-6-16-30-23)18-21-12-14-26(15-13-21)19-22-7-4-5-9-24(22)29-3/h4-11,16,20-21H,12-15,17-19H2,1-3H3/b11-10+. The van der Waals surface area contributed by atoms with Crippen molar-refractivity contribution in [2.75, 3.05) is 33.3 Å². The Hall–Kier alpha value is -2.53. The van der Waals surface area contributed by atoms with Crippen LogP contribution in [0, 0.1) is 11.8 Å². The summed E-state index contributed by atoms with van der Waals surface area (Å²) in [5.41, 5.74) is 1.23. The van der Waals surface area contributed by atoms with Gasteiger partial charge >= 0.3 is 0 Å². The van der Waals surface area contributed by atoms with Crippen LogP contribution in [0.25, 0.3) is 6.08 Å². The number of hydrogen-bond donors (Lipinski definition) is 0. The Morgan fingerprint density at radius 1 is 1.23 bits per heavy atom. The lowest BCUT2D eigenvalue weighted by Crippen LogP contribution is -2.41. The molecule has 1 aliphatic rings. The molecule has 0 unspecified atom stereocenters. The molecule has 1 aliphatic heterocycles. The van der Waals surface area contributed by atoms with E-state index in [9.17, 15) is 4.79 Å². The fourth-order valence-electron chi connectivity index (χ4n) is 4.05. The first-order valence-electron chi connectivity index (χ1n) is 10.9. The maximum atomic E-state index is 12.8. The molecular formula is C25H34N2O3. The number of ether oxygens (including phenoxy) is 1. The summed E-state index contributed by atoms with van der Waals surface area (Å²) in [5, 5.41) is 0. The first-order chi connectivity index (χ1) is 14.5. The van der Waals surface area contributed by atoms with Gasteiger partial charge in [0.05, 0.1) is 13.4 Å². The Balaban J connectivity index is 1.53. The number of benzene rings is 1. The summed E-state index contributed by atoms with van der Waals surface area (Å²) < 4.78 is 10.8. The number of carbonyl (C=O) groups excluding carboxylic acids is 1. The summed E-state index contributed by atoms with van der Waals surface area (Å²) in [6.07, 6.45) is 7.23. The summed E-state index contributed by atoms with van der Waals surface area (Å²) in [6.45, 7) is 8.93. The number of furan rings is 1. The number of rotatable bonds is 9. The van der Waals surface area contributed by atoms with Crippen molar-refractivity contribution in [3.8, 4) is 5.75 Å². The molecule has 1 amide bonds. The number of likely N-dealkylation sites (tertiary alicyclic amines) is 1. The zero-order valence-corrected chi connectivity index (χ0v) is 18.4. The molecule has 0 aliphatic carbocycles. The molecule has 30 heavy (non-hydrogen) atoms. The van der Waals surface area contributed by atoms with Gasteiger partial charge in [0.15, 0.2) is 0 Å². The Labute approximate surface area is 180 Å². The van der Waals surface area contributed by atoms with E-state index < -0.39 is 0 Å². The third kappa shape index (κ3) is 6.49. The van der Waals surface area contributed by atoms with Gasteiger partial charge in [-0.1, -0.05) is 32.0 Å². The fourth-order valence-corrected chi connectivity index (χ4v) is 4.05. The maximum absolute atomic E-state index is 12.8. The van der Waals surface area contributed by atoms with Gasteiger partial charge in [-0.3, -0.25) is 9.69 Å². The van der Waals surface area contributed by atoms with Gasteiger partial charge in [-0.05, 0) is 62.0 Å². The molecule has 5 nitrogen and oxygen atoms in total. The molecule has 2 heterocycles. The maximum Gasteiger partial charge on any atom is 0.246 e. The van der Waals surface area contributed by atoms with E-state index in [0.29, 0.717) is 17.6 Å². The first-order valence-corrected chi connectivity index (χ1v) is 10.9. The molecule has 3 rings (SSSR count). The van der Waals surface area contributed by atoms with E-state index in [2.05, 4.69) is 30.9 Å². The van der Waals surface area contributed by atoms with Crippen molar-refractivity contribution in [1.82, 2.24) is 9.80 Å². The number of para-hydroxylation sites is 1. The Morgan fingerprint density at radius 3 is 2.67 bits per heavy atom. The molecule has 2 aromatic rings. The van der Waals surface area contributed by atoms with E-state index in [1.807, 2.05) is 29.2 Å². The number of nitrogens with zero attached hydrogens (tertiary/aromatic N) is 2. The van der Waals surface area contributed by atoms with Crippen molar-refractivity contribution in [2.24, 2.45) is 11.8 Å². The second-order valence-corrected chi connectivity index (χ2v) is 8.52. The lowest BCUT2D eigenvalue weighted by molar-refractivity contribution is -0.127. The first kappa shape index (κ1) is 22.2. The fraction of sp³-hybridized carbons (Fsp3) is 0.480. The summed E-state index contributed by atoms with van der Waals surface area (Å²) in [7, 11) is 1.73. The van der Waals surface area contributed by atoms with Gasteiger partial charge in [0.2, 0.25) is 5.91 Å². The second-order valence-electron chi connectivity index (χ2n) is 8.52. The van der Waals surface area contributed by atoms with Crippen molar-refractivity contribution >= 4 is 12.0 Å². The highest BCUT2D eigenvalue weighted by Gasteiger charge is 2.24. The Bertz CT molecular complexity index is 806. The highest BCUT2D eigenvalue weighted by Crippen LogP contribution is 2.24. The molecule has 0 atom stereocenters. The van der Waals surface area contributed by atoms with Gasteiger partial charge in [-0.15, -0.1) is 0 Å². The Morgan fingerprint density at radius 2 is 2.00 bits per heavy atom. The van der Waals surface area contributed by atoms with Gasteiger partial charge in [0, 0.05) is 31.3 Å². The largest absolute Gasteiger partial charge is 0.496 e. The molecule has 1 fully saturated rings. The van der Waals surface area contributed by atoms with Crippen molar-refractivity contribution in [1.29, 1.82) is 0 Å². The van der Waals surface area contributed by atoms with E-state index in [4.69, 9.17) is 9.15 Å². The highest BCUT2D eigenvalue weighted by atomic mass is 16.5. The number of methoxy groups -OCH3 is 1. The smallest absolute Gasteiger partial charge is 0.246 e. The van der Waals surface area contributed by atoms with Crippen LogP contribution < -0.4 is 4.74 Å². The van der Waals surface area contributed by atoms with E-state index >= 15 is 0 Å². The summed E-state index contributed by atoms with van der Waals surface area (Å²) in [6, 6.07) is 11.9. The Kier molecular flexibility index (Phi) is 8.14. The summed E-state index contributed by atoms with van der Waals surface area (Å²) in [5.74, 6) is 2.71. The molecule has 0 bridgehead atoms. The van der Waals surface area contributed by atoms with Crippen molar-refractivity contribution in [3.05, 3.63) is 60.1 Å². The summed E-state index contributed by atoms with van der Waals surface area (Å²) in [4.78, 5) is 17.3. The van der Waals surface area contributed by atoms with Gasteiger partial charge in [-0.25, -0.2) is 0 Å². The molecule has 5 heteroatoms. The molecule has 1 saturated heterocycles. The quantitative estimate of drug-likeness (QED) is 0.562. The predicted molar refractivity (Wildman–Crippen MR) is 120 cm³/mol. The van der Waals surface area contributed by atoms with Gasteiger partial charge in [-0.2, -0.15) is 0 Å². The second kappa shape index (κ2) is 11.0. The number of amides is 1. The SMILES string of the molecule is COc1ccccc1CN1CCC(CN(CC(C)C)C(=O)/C=C/c2ccco2)CC1. The molecule has 0 N–H and O–H groups in total. The van der Waals surface area contributed by atoms with E-state index in [0.717, 1.165) is 51.3 Å². The molecule has 162 valence electrons. The molecule has 0 radical (unpaired) electrons. The lowest BCUT2D eigenvalue weighted by Gasteiger charge is -2.35. The minimum atomic E-state index is 0.0663. The highest BCUT2D eigenvalue weighted by molar-refractivity contribution is 5.91. The van der Waals surface area contributed by atoms with Crippen LogP contribution in [-0.4, -0.2) is 49.0 Å². The predicted octanol–water partition coefficient (Wildman–Crippen LogP) is 4.70. The van der Waals surface area contributed by atoms with Crippen LogP contribution in [0.4, 0.5) is 0 Å². The average Bonchev–Trinajstić information content (AvgIpc) is 3.26. The molecule has 0 saturated carbocycles. The van der Waals surface area contributed by atoms with Crippen LogP contribution in [0.1, 0.15) is 38.0 Å². The van der Waals surface area contributed by atoms with E-state index in [1.54, 1.807) is 25.5 Å². The lowest BCUT2D eigenvalue weighted by atomic mass is 9.95. The molecule has 0 spiro atoms. The zero-order chi connectivity index (χ0) is 21.3. The minimum absolute atomic E-state index is 0.0663. The van der Waals surface area contributed by atoms with Gasteiger partial charge in [0.1, 0.15) is 11.5 Å². The topological polar surface area (TPSA) is 45.9 Å². The third-order valence-electron chi connectivity index (χ3n) is 5.60. The van der Waals surface area contributed by atoms with Gasteiger partial charge < -0.3 is 14.1 Å². The normalized spacial score (nSPS) is 15.7. The van der Waals surface area contributed by atoms with Crippen molar-refractivity contribution in [2.45, 2.75) is 33.2 Å². The monoisotopic (exact) mass is 410 g/mol. The van der Waals surface area contributed by atoms with Crippen LogP contribution in [0.2, 0.25) is 0 Å². The van der Waals surface area contributed by atoms with Gasteiger partial charge in [0.25, 0.3) is 0 Å². The number of hydrogen-bond acceptors (Lipinski definition) is 4. The third-order valence-corrected chi connectivity index (χ3v) is 5.60. The minimum Gasteiger partial charge on any atom is -0.496 e. The molecular weight excluding hydrogens is 376 g/mol. The molecule has 1 aromatic carbocycles. The molecule has 1 aromatic heterocycles. The van der Waals surface area contributed by atoms with Crippen LogP contribution >= 0.6 is 0 Å².